The third kappa shape index (κ3) is 4.73. The summed E-state index contributed by atoms with van der Waals surface area (Å²) in [4.78, 5) is 10.6. The second-order valence-corrected chi connectivity index (χ2v) is 13.6. The van der Waals surface area contributed by atoms with Crippen LogP contribution in [0.1, 0.15) is 0 Å². The van der Waals surface area contributed by atoms with Crippen LogP contribution in [0.5, 0.6) is 0 Å². The zero-order valence-corrected chi connectivity index (χ0v) is 27.7. The van der Waals surface area contributed by atoms with Gasteiger partial charge in [-0.1, -0.05) is 146 Å². The van der Waals surface area contributed by atoms with E-state index in [9.17, 15) is 0 Å². The van der Waals surface area contributed by atoms with E-state index in [4.69, 9.17) is 14.4 Å². The number of rotatable bonds is 5. The standard InChI is InChI=1S/C46H28N2OS/c1-3-12-29(13-4-1)30-22-24-32(25-23-30)43-45-44(37-18-9-10-21-41(37)50-45)48-46(47-43)38-19-11-20-39-42(38)36-27-26-33(28-40(36)49-39)35-17-8-7-16-34(35)31-14-5-2-6-15-31/h1-28H. The molecule has 3 heterocycles. The fraction of sp³-hybridized carbons (Fsp3) is 0. The Hall–Kier alpha value is -6.36. The first-order chi connectivity index (χ1) is 24.8. The highest BCUT2D eigenvalue weighted by Crippen LogP contribution is 2.43. The van der Waals surface area contributed by atoms with Crippen LogP contribution in [0, 0.1) is 0 Å². The van der Waals surface area contributed by atoms with E-state index in [1.807, 2.05) is 18.2 Å². The van der Waals surface area contributed by atoms with Gasteiger partial charge in [0.25, 0.3) is 0 Å². The number of aromatic nitrogens is 2. The molecule has 0 bridgehead atoms. The second-order valence-electron chi connectivity index (χ2n) is 12.5. The summed E-state index contributed by atoms with van der Waals surface area (Å²) in [5, 5.41) is 3.21. The van der Waals surface area contributed by atoms with Gasteiger partial charge in [-0.05, 0) is 57.6 Å². The predicted octanol–water partition coefficient (Wildman–Crippen LogP) is 13.1. The molecule has 234 valence electrons. The predicted molar refractivity (Wildman–Crippen MR) is 209 cm³/mol. The van der Waals surface area contributed by atoms with Gasteiger partial charge < -0.3 is 4.42 Å². The molecule has 0 unspecified atom stereocenters. The molecule has 3 nitrogen and oxygen atoms in total. The van der Waals surface area contributed by atoms with Crippen molar-refractivity contribution in [2.45, 2.75) is 0 Å². The summed E-state index contributed by atoms with van der Waals surface area (Å²) >= 11 is 1.75. The SMILES string of the molecule is c1ccc(-c2ccc(-c3nc(-c4cccc5oc6cc(-c7ccccc7-c7ccccc7)ccc6c45)nc4c3sc3ccccc34)cc2)cc1. The molecule has 0 radical (unpaired) electrons. The van der Waals surface area contributed by atoms with Crippen LogP contribution in [0.25, 0.3) is 98.3 Å². The van der Waals surface area contributed by atoms with Gasteiger partial charge in [0.1, 0.15) is 11.2 Å². The van der Waals surface area contributed by atoms with Crippen LogP contribution in [-0.2, 0) is 0 Å². The summed E-state index contributed by atoms with van der Waals surface area (Å²) in [6.45, 7) is 0. The van der Waals surface area contributed by atoms with Crippen LogP contribution in [-0.4, -0.2) is 9.97 Å². The molecule has 50 heavy (non-hydrogen) atoms. The molecule has 10 aromatic rings. The van der Waals surface area contributed by atoms with E-state index in [1.54, 1.807) is 11.3 Å². The summed E-state index contributed by atoms with van der Waals surface area (Å²) < 4.78 is 8.87. The normalized spacial score (nSPS) is 11.6. The number of fused-ring (bicyclic) bond motifs is 6. The van der Waals surface area contributed by atoms with Crippen LogP contribution in [0.15, 0.2) is 174 Å². The van der Waals surface area contributed by atoms with Crippen molar-refractivity contribution in [1.82, 2.24) is 9.97 Å². The van der Waals surface area contributed by atoms with Gasteiger partial charge in [0.2, 0.25) is 0 Å². The van der Waals surface area contributed by atoms with Gasteiger partial charge in [-0.2, -0.15) is 0 Å². The Morgan fingerprint density at radius 2 is 1.04 bits per heavy atom. The van der Waals surface area contributed by atoms with Gasteiger partial charge in [0.05, 0.1) is 15.9 Å². The fourth-order valence-corrected chi connectivity index (χ4v) is 8.30. The maximum Gasteiger partial charge on any atom is 0.161 e. The Kier molecular flexibility index (Phi) is 6.68. The van der Waals surface area contributed by atoms with E-state index in [1.165, 1.54) is 32.5 Å². The molecule has 3 aromatic heterocycles. The summed E-state index contributed by atoms with van der Waals surface area (Å²) in [6.07, 6.45) is 0. The molecule has 0 spiro atoms. The van der Waals surface area contributed by atoms with Crippen molar-refractivity contribution in [1.29, 1.82) is 0 Å². The molecular weight excluding hydrogens is 629 g/mol. The highest BCUT2D eigenvalue weighted by Gasteiger charge is 2.20. The maximum atomic E-state index is 6.58. The third-order valence-electron chi connectivity index (χ3n) is 9.55. The summed E-state index contributed by atoms with van der Waals surface area (Å²) in [5.41, 5.74) is 12.6. The first-order valence-corrected chi connectivity index (χ1v) is 17.6. The van der Waals surface area contributed by atoms with Gasteiger partial charge in [-0.15, -0.1) is 11.3 Å². The molecular formula is C46H28N2OS. The topological polar surface area (TPSA) is 38.9 Å². The van der Waals surface area contributed by atoms with Crippen molar-refractivity contribution < 1.29 is 4.42 Å². The molecule has 7 aromatic carbocycles. The van der Waals surface area contributed by atoms with Crippen LogP contribution >= 0.6 is 11.3 Å². The molecule has 0 saturated heterocycles. The Bertz CT molecular complexity index is 2850. The number of thiophene rings is 1. The molecule has 0 aliphatic rings. The van der Waals surface area contributed by atoms with Gasteiger partial charge >= 0.3 is 0 Å². The van der Waals surface area contributed by atoms with Crippen molar-refractivity contribution in [3.05, 3.63) is 170 Å². The van der Waals surface area contributed by atoms with Gasteiger partial charge in [0, 0.05) is 32.0 Å². The fourth-order valence-electron chi connectivity index (χ4n) is 7.14. The van der Waals surface area contributed by atoms with E-state index >= 15 is 0 Å². The number of hydrogen-bond donors (Lipinski definition) is 0. The Morgan fingerprint density at radius 1 is 0.420 bits per heavy atom. The van der Waals surface area contributed by atoms with E-state index in [2.05, 4.69) is 152 Å². The molecule has 0 amide bonds. The molecule has 0 aliphatic heterocycles. The zero-order valence-electron chi connectivity index (χ0n) is 26.9. The first-order valence-electron chi connectivity index (χ1n) is 16.7. The minimum atomic E-state index is 0.690. The highest BCUT2D eigenvalue weighted by atomic mass is 32.1. The second kappa shape index (κ2) is 11.7. The van der Waals surface area contributed by atoms with E-state index in [0.717, 1.165) is 59.9 Å². The smallest absolute Gasteiger partial charge is 0.161 e. The summed E-state index contributed by atoms with van der Waals surface area (Å²) in [5.74, 6) is 0.690. The average molecular weight is 657 g/mol. The lowest BCUT2D eigenvalue weighted by Gasteiger charge is -2.10. The van der Waals surface area contributed by atoms with Crippen molar-refractivity contribution in [2.24, 2.45) is 0 Å². The van der Waals surface area contributed by atoms with Crippen molar-refractivity contribution in [3.8, 4) is 56.0 Å². The molecule has 0 atom stereocenters. The van der Waals surface area contributed by atoms with Crippen molar-refractivity contribution in [2.75, 3.05) is 0 Å². The summed E-state index contributed by atoms with van der Waals surface area (Å²) in [6, 6.07) is 59.5. The third-order valence-corrected chi connectivity index (χ3v) is 10.7. The Balaban J connectivity index is 1.15. The minimum Gasteiger partial charge on any atom is -0.456 e. The minimum absolute atomic E-state index is 0.690. The lowest BCUT2D eigenvalue weighted by molar-refractivity contribution is 0.669. The molecule has 10 rings (SSSR count). The monoisotopic (exact) mass is 656 g/mol. The van der Waals surface area contributed by atoms with Gasteiger partial charge in [-0.25, -0.2) is 9.97 Å². The number of furan rings is 1. The van der Waals surface area contributed by atoms with Crippen molar-refractivity contribution in [3.63, 3.8) is 0 Å². The van der Waals surface area contributed by atoms with Gasteiger partial charge in [0.15, 0.2) is 5.82 Å². The molecule has 0 N–H and O–H groups in total. The number of nitrogens with zero attached hydrogens (tertiary/aromatic N) is 2. The van der Waals surface area contributed by atoms with Crippen LogP contribution in [0.2, 0.25) is 0 Å². The first kappa shape index (κ1) is 28.6. The number of hydrogen-bond acceptors (Lipinski definition) is 4. The van der Waals surface area contributed by atoms with Crippen LogP contribution in [0.4, 0.5) is 0 Å². The number of benzene rings is 7. The Morgan fingerprint density at radius 3 is 1.84 bits per heavy atom. The van der Waals surface area contributed by atoms with Gasteiger partial charge in [-0.3, -0.25) is 0 Å². The van der Waals surface area contributed by atoms with E-state index in [-0.39, 0.29) is 0 Å². The lowest BCUT2D eigenvalue weighted by Crippen LogP contribution is -1.94. The quantitative estimate of drug-likeness (QED) is 0.185. The van der Waals surface area contributed by atoms with Crippen LogP contribution < -0.4 is 0 Å². The van der Waals surface area contributed by atoms with E-state index < -0.39 is 0 Å². The molecule has 0 fully saturated rings. The highest BCUT2D eigenvalue weighted by molar-refractivity contribution is 7.26. The zero-order chi connectivity index (χ0) is 33.0. The lowest BCUT2D eigenvalue weighted by atomic mass is 9.94. The molecule has 0 saturated carbocycles. The molecule has 4 heteroatoms. The average Bonchev–Trinajstić information content (AvgIpc) is 3.76. The maximum absolute atomic E-state index is 6.58. The van der Waals surface area contributed by atoms with Crippen LogP contribution in [0.3, 0.4) is 0 Å². The van der Waals surface area contributed by atoms with Crippen molar-refractivity contribution >= 4 is 53.6 Å². The largest absolute Gasteiger partial charge is 0.456 e. The van der Waals surface area contributed by atoms with E-state index in [0.29, 0.717) is 5.82 Å². The Labute approximate surface area is 292 Å². The molecule has 0 aliphatic carbocycles. The summed E-state index contributed by atoms with van der Waals surface area (Å²) in [7, 11) is 0.